The minimum atomic E-state index is -4.52. The Kier molecular flexibility index (Phi) is 6.20. The Balaban J connectivity index is 2.35. The maximum atomic E-state index is 13.0. The largest absolute Gasteiger partial charge is 0.506 e. The SMILES string of the molecule is CCOC(=O)CCC(=O)c1nc(-c2cc(C(F)(F)F)ccc2C)ccc1O. The van der Waals surface area contributed by atoms with E-state index in [-0.39, 0.29) is 36.4 Å². The number of carbonyl (C=O) groups excluding carboxylic acids is 2. The summed E-state index contributed by atoms with van der Waals surface area (Å²) in [6, 6.07) is 5.75. The lowest BCUT2D eigenvalue weighted by Crippen LogP contribution is -2.10. The van der Waals surface area contributed by atoms with Crippen LogP contribution in [0.1, 0.15) is 41.4 Å². The molecule has 0 radical (unpaired) electrons. The van der Waals surface area contributed by atoms with Crippen molar-refractivity contribution >= 4 is 11.8 Å². The second kappa shape index (κ2) is 8.20. The highest BCUT2D eigenvalue weighted by molar-refractivity contribution is 5.98. The Morgan fingerprint density at radius 3 is 2.48 bits per heavy atom. The zero-order valence-electron chi connectivity index (χ0n) is 14.8. The number of esters is 1. The predicted molar refractivity (Wildman–Crippen MR) is 91.3 cm³/mol. The highest BCUT2D eigenvalue weighted by Gasteiger charge is 2.31. The summed E-state index contributed by atoms with van der Waals surface area (Å²) in [5.74, 6) is -1.57. The van der Waals surface area contributed by atoms with Gasteiger partial charge in [0, 0.05) is 12.0 Å². The number of pyridine rings is 1. The fourth-order valence-electron chi connectivity index (χ4n) is 2.45. The van der Waals surface area contributed by atoms with E-state index in [2.05, 4.69) is 4.98 Å². The smallest absolute Gasteiger partial charge is 0.416 e. The first-order valence-electron chi connectivity index (χ1n) is 8.20. The number of nitrogens with zero attached hydrogens (tertiary/aromatic N) is 1. The van der Waals surface area contributed by atoms with Gasteiger partial charge in [0.2, 0.25) is 0 Å². The molecule has 1 aromatic heterocycles. The first-order chi connectivity index (χ1) is 12.6. The molecule has 144 valence electrons. The minimum absolute atomic E-state index is 0.121. The standard InChI is InChI=1S/C19H18F3NO4/c1-3-27-17(26)9-8-16(25)18-15(24)7-6-14(23-18)13-10-12(19(20,21)22)5-4-11(13)2/h4-7,10,24H,3,8-9H2,1-2H3. The van der Waals surface area contributed by atoms with E-state index >= 15 is 0 Å². The van der Waals surface area contributed by atoms with Gasteiger partial charge in [-0.2, -0.15) is 13.2 Å². The van der Waals surface area contributed by atoms with Gasteiger partial charge in [-0.25, -0.2) is 4.98 Å². The summed E-state index contributed by atoms with van der Waals surface area (Å²) in [5, 5.41) is 9.89. The number of alkyl halides is 3. The van der Waals surface area contributed by atoms with Crippen LogP contribution in [0.15, 0.2) is 30.3 Å². The fraction of sp³-hybridized carbons (Fsp3) is 0.316. The van der Waals surface area contributed by atoms with Crippen LogP contribution in [0.5, 0.6) is 5.75 Å². The van der Waals surface area contributed by atoms with Gasteiger partial charge >= 0.3 is 12.1 Å². The molecule has 0 saturated heterocycles. The molecule has 0 aliphatic rings. The molecule has 0 aliphatic heterocycles. The Hall–Kier alpha value is -2.90. The van der Waals surface area contributed by atoms with Crippen LogP contribution < -0.4 is 0 Å². The number of ketones is 1. The van der Waals surface area contributed by atoms with E-state index in [1.165, 1.54) is 18.2 Å². The number of carbonyl (C=O) groups is 2. The van der Waals surface area contributed by atoms with Gasteiger partial charge in [0.15, 0.2) is 5.78 Å². The summed E-state index contributed by atoms with van der Waals surface area (Å²) < 4.78 is 43.6. The van der Waals surface area contributed by atoms with E-state index in [1.54, 1.807) is 13.8 Å². The number of benzene rings is 1. The lowest BCUT2D eigenvalue weighted by atomic mass is 10.0. The zero-order valence-corrected chi connectivity index (χ0v) is 14.8. The number of Topliss-reactive ketones (excluding diaryl/α,β-unsaturated/α-hetero) is 1. The number of aromatic nitrogens is 1. The van der Waals surface area contributed by atoms with Gasteiger partial charge in [0.05, 0.1) is 24.3 Å². The lowest BCUT2D eigenvalue weighted by Gasteiger charge is -2.12. The van der Waals surface area contributed by atoms with Crippen molar-refractivity contribution in [3.05, 3.63) is 47.2 Å². The highest BCUT2D eigenvalue weighted by Crippen LogP contribution is 2.34. The first kappa shape index (κ1) is 20.4. The Labute approximate surface area is 153 Å². The van der Waals surface area contributed by atoms with E-state index in [9.17, 15) is 27.9 Å². The van der Waals surface area contributed by atoms with Crippen LogP contribution in [0, 0.1) is 6.92 Å². The molecule has 0 amide bonds. The summed E-state index contributed by atoms with van der Waals surface area (Å²) in [4.78, 5) is 27.7. The third kappa shape index (κ3) is 5.06. The van der Waals surface area contributed by atoms with Gasteiger partial charge in [-0.1, -0.05) is 6.07 Å². The van der Waals surface area contributed by atoms with Crippen LogP contribution >= 0.6 is 0 Å². The van der Waals surface area contributed by atoms with Crippen molar-refractivity contribution in [3.8, 4) is 17.0 Å². The van der Waals surface area contributed by atoms with Crippen molar-refractivity contribution in [2.75, 3.05) is 6.61 Å². The van der Waals surface area contributed by atoms with Crippen molar-refractivity contribution in [1.82, 2.24) is 4.98 Å². The third-order valence-electron chi connectivity index (χ3n) is 3.84. The quantitative estimate of drug-likeness (QED) is 0.596. The van der Waals surface area contributed by atoms with Gasteiger partial charge in [0.1, 0.15) is 11.4 Å². The number of hydrogen-bond acceptors (Lipinski definition) is 5. The zero-order chi connectivity index (χ0) is 20.2. The van der Waals surface area contributed by atoms with E-state index in [0.29, 0.717) is 5.56 Å². The van der Waals surface area contributed by atoms with Crippen molar-refractivity contribution in [2.45, 2.75) is 32.9 Å². The van der Waals surface area contributed by atoms with Crippen LogP contribution in [0.25, 0.3) is 11.3 Å². The average molecular weight is 381 g/mol. The molecule has 1 aromatic carbocycles. The molecule has 2 aromatic rings. The molecule has 5 nitrogen and oxygen atoms in total. The molecule has 8 heteroatoms. The topological polar surface area (TPSA) is 76.5 Å². The molecule has 0 bridgehead atoms. The molecule has 0 saturated carbocycles. The van der Waals surface area contributed by atoms with E-state index in [0.717, 1.165) is 12.1 Å². The van der Waals surface area contributed by atoms with Crippen LogP contribution in [0.2, 0.25) is 0 Å². The summed E-state index contributed by atoms with van der Waals surface area (Å²) in [6.07, 6.45) is -4.93. The molecular formula is C19H18F3NO4. The molecule has 1 N–H and O–H groups in total. The molecular weight excluding hydrogens is 363 g/mol. The molecule has 0 atom stereocenters. The van der Waals surface area contributed by atoms with Crippen molar-refractivity contribution in [3.63, 3.8) is 0 Å². The van der Waals surface area contributed by atoms with Crippen LogP contribution in [0.3, 0.4) is 0 Å². The van der Waals surface area contributed by atoms with Crippen LogP contribution in [-0.4, -0.2) is 28.4 Å². The van der Waals surface area contributed by atoms with Gasteiger partial charge < -0.3 is 9.84 Å². The highest BCUT2D eigenvalue weighted by atomic mass is 19.4. The Morgan fingerprint density at radius 2 is 1.85 bits per heavy atom. The maximum absolute atomic E-state index is 13.0. The van der Waals surface area contributed by atoms with E-state index in [4.69, 9.17) is 4.74 Å². The third-order valence-corrected chi connectivity index (χ3v) is 3.84. The van der Waals surface area contributed by atoms with Crippen LogP contribution in [-0.2, 0) is 15.7 Å². The van der Waals surface area contributed by atoms with E-state index < -0.39 is 29.2 Å². The van der Waals surface area contributed by atoms with Crippen molar-refractivity contribution < 1.29 is 32.6 Å². The number of aromatic hydroxyl groups is 1. The monoisotopic (exact) mass is 381 g/mol. The van der Waals surface area contributed by atoms with Crippen LogP contribution in [0.4, 0.5) is 13.2 Å². The lowest BCUT2D eigenvalue weighted by molar-refractivity contribution is -0.143. The van der Waals surface area contributed by atoms with Crippen molar-refractivity contribution in [2.24, 2.45) is 0 Å². The Bertz CT molecular complexity index is 863. The molecule has 0 fully saturated rings. The average Bonchev–Trinajstić information content (AvgIpc) is 2.60. The summed E-state index contributed by atoms with van der Waals surface area (Å²) in [7, 11) is 0. The van der Waals surface area contributed by atoms with Gasteiger partial charge in [0.25, 0.3) is 0 Å². The fourth-order valence-corrected chi connectivity index (χ4v) is 2.45. The summed E-state index contributed by atoms with van der Waals surface area (Å²) in [5.41, 5.74) is -0.284. The first-order valence-corrected chi connectivity index (χ1v) is 8.20. The second-order valence-corrected chi connectivity index (χ2v) is 5.82. The summed E-state index contributed by atoms with van der Waals surface area (Å²) >= 11 is 0. The van der Waals surface area contributed by atoms with Gasteiger partial charge in [-0.15, -0.1) is 0 Å². The van der Waals surface area contributed by atoms with Gasteiger partial charge in [-0.3, -0.25) is 9.59 Å². The normalized spacial score (nSPS) is 11.3. The summed E-state index contributed by atoms with van der Waals surface area (Å²) in [6.45, 7) is 3.43. The molecule has 0 spiro atoms. The minimum Gasteiger partial charge on any atom is -0.506 e. The Morgan fingerprint density at radius 1 is 1.15 bits per heavy atom. The van der Waals surface area contributed by atoms with E-state index in [1.807, 2.05) is 0 Å². The van der Waals surface area contributed by atoms with Gasteiger partial charge in [-0.05, 0) is 43.7 Å². The molecule has 27 heavy (non-hydrogen) atoms. The number of halogens is 3. The number of rotatable bonds is 6. The molecule has 0 unspecified atom stereocenters. The number of hydrogen-bond donors (Lipinski definition) is 1. The maximum Gasteiger partial charge on any atom is 0.416 e. The van der Waals surface area contributed by atoms with Crippen molar-refractivity contribution in [1.29, 1.82) is 0 Å². The second-order valence-electron chi connectivity index (χ2n) is 5.82. The molecule has 2 rings (SSSR count). The molecule has 1 heterocycles. The number of ether oxygens (including phenoxy) is 1. The predicted octanol–water partition coefficient (Wildman–Crippen LogP) is 4.31. The molecule has 0 aliphatic carbocycles. The number of aryl methyl sites for hydroxylation is 1.